The molecule has 0 saturated carbocycles. The number of carbonyl (C=O) groups is 2. The molecule has 3 aromatic heterocycles. The number of nitrogens with one attached hydrogen (secondary N) is 1. The van der Waals surface area contributed by atoms with Gasteiger partial charge in [0.05, 0.1) is 10.2 Å². The molecule has 8 nitrogen and oxygen atoms in total. The van der Waals surface area contributed by atoms with Crippen LogP contribution in [0.5, 0.6) is 0 Å². The van der Waals surface area contributed by atoms with Gasteiger partial charge in [-0.05, 0) is 55.0 Å². The Kier molecular flexibility index (Phi) is 6.07. The lowest BCUT2D eigenvalue weighted by Gasteiger charge is -2.06. The van der Waals surface area contributed by atoms with E-state index in [1.807, 2.05) is 24.3 Å². The van der Waals surface area contributed by atoms with E-state index >= 15 is 0 Å². The number of fused-ring (bicyclic) bond motifs is 1. The number of hydrogen-bond donors (Lipinski definition) is 1. The molecule has 0 radical (unpaired) electrons. The molecule has 168 valence electrons. The van der Waals surface area contributed by atoms with Crippen molar-refractivity contribution in [2.45, 2.75) is 6.92 Å². The predicted molar refractivity (Wildman–Crippen MR) is 132 cm³/mol. The average molecular weight is 488 g/mol. The Bertz CT molecular complexity index is 1480. The highest BCUT2D eigenvalue weighted by Gasteiger charge is 2.16. The second-order valence-electron chi connectivity index (χ2n) is 7.30. The molecule has 2 aromatic carbocycles. The first-order valence-electron chi connectivity index (χ1n) is 10.2. The molecule has 1 N–H and O–H groups in total. The van der Waals surface area contributed by atoms with E-state index in [1.54, 1.807) is 47.3 Å². The van der Waals surface area contributed by atoms with Gasteiger partial charge in [0.25, 0.3) is 5.91 Å². The maximum atomic E-state index is 12.2. The molecule has 5 aromatic rings. The van der Waals surface area contributed by atoms with Crippen molar-refractivity contribution in [1.82, 2.24) is 19.9 Å². The number of aromatic nitrogens is 4. The van der Waals surface area contributed by atoms with Gasteiger partial charge in [-0.3, -0.25) is 4.79 Å². The number of ether oxygens (including phenoxy) is 1. The number of amides is 1. The molecule has 0 spiro atoms. The number of esters is 1. The van der Waals surface area contributed by atoms with Crippen LogP contribution in [0.1, 0.15) is 16.1 Å². The number of benzene rings is 2. The third-order valence-electron chi connectivity index (χ3n) is 4.76. The molecule has 0 aliphatic carbocycles. The summed E-state index contributed by atoms with van der Waals surface area (Å²) in [7, 11) is 0. The van der Waals surface area contributed by atoms with Crippen LogP contribution in [-0.4, -0.2) is 38.4 Å². The van der Waals surface area contributed by atoms with Gasteiger partial charge in [-0.1, -0.05) is 6.07 Å². The first kappa shape index (κ1) is 21.8. The number of nitrogens with zero attached hydrogens (tertiary/aromatic N) is 4. The fraction of sp³-hybridized carbons (Fsp3) is 0.0833. The summed E-state index contributed by atoms with van der Waals surface area (Å²) in [6, 6.07) is 15.3. The summed E-state index contributed by atoms with van der Waals surface area (Å²) in [4.78, 5) is 41.5. The van der Waals surface area contributed by atoms with Crippen molar-refractivity contribution in [2.24, 2.45) is 0 Å². The van der Waals surface area contributed by atoms with Crippen LogP contribution in [0.3, 0.4) is 0 Å². The number of aryl methyl sites for hydroxylation is 1. The van der Waals surface area contributed by atoms with Crippen LogP contribution in [0, 0.1) is 6.92 Å². The van der Waals surface area contributed by atoms with Gasteiger partial charge in [-0.25, -0.2) is 24.7 Å². The normalized spacial score (nSPS) is 10.9. The predicted octanol–water partition coefficient (Wildman–Crippen LogP) is 4.98. The zero-order valence-electron chi connectivity index (χ0n) is 17.9. The van der Waals surface area contributed by atoms with E-state index < -0.39 is 18.5 Å². The lowest BCUT2D eigenvalue weighted by Crippen LogP contribution is -2.21. The van der Waals surface area contributed by atoms with E-state index in [2.05, 4.69) is 38.2 Å². The van der Waals surface area contributed by atoms with Crippen molar-refractivity contribution in [3.05, 3.63) is 77.6 Å². The molecule has 3 heterocycles. The Balaban J connectivity index is 1.17. The van der Waals surface area contributed by atoms with E-state index in [1.165, 1.54) is 16.9 Å². The van der Waals surface area contributed by atoms with E-state index in [4.69, 9.17) is 4.74 Å². The topological polar surface area (TPSA) is 107 Å². The minimum absolute atomic E-state index is 0.107. The zero-order chi connectivity index (χ0) is 23.5. The lowest BCUT2D eigenvalue weighted by molar-refractivity contribution is -0.119. The first-order valence-corrected chi connectivity index (χ1v) is 11.9. The number of carbonyl (C=O) groups excluding carboxylic acids is 2. The van der Waals surface area contributed by atoms with E-state index in [0.29, 0.717) is 16.5 Å². The highest BCUT2D eigenvalue weighted by atomic mass is 32.1. The monoisotopic (exact) mass is 487 g/mol. The standard InChI is InChI=1S/C24H17N5O3S2/c1-14-3-8-17-19(11-14)34-22(28-17)15-4-6-16(7-5-15)27-20(30)12-32-24(31)18-13-33-23(29-18)21-25-9-2-10-26-21/h2-11,13H,12H2,1H3,(H,27,30). The van der Waals surface area contributed by atoms with Gasteiger partial charge in [0.1, 0.15) is 5.01 Å². The third-order valence-corrected chi connectivity index (χ3v) is 6.67. The SMILES string of the molecule is Cc1ccc2nc(-c3ccc(NC(=O)COC(=O)c4csc(-c5ncccn5)n4)cc3)sc2c1. The van der Waals surface area contributed by atoms with Gasteiger partial charge < -0.3 is 10.1 Å². The summed E-state index contributed by atoms with van der Waals surface area (Å²) in [6.07, 6.45) is 3.19. The maximum absolute atomic E-state index is 12.2. The molecule has 0 aliphatic heterocycles. The van der Waals surface area contributed by atoms with Gasteiger partial charge in [0.15, 0.2) is 23.1 Å². The van der Waals surface area contributed by atoms with E-state index in [0.717, 1.165) is 20.8 Å². The van der Waals surface area contributed by atoms with Gasteiger partial charge in [0.2, 0.25) is 0 Å². The minimum Gasteiger partial charge on any atom is -0.451 e. The molecule has 0 atom stereocenters. The first-order chi connectivity index (χ1) is 16.5. The van der Waals surface area contributed by atoms with Gasteiger partial charge in [0, 0.05) is 29.0 Å². The zero-order valence-corrected chi connectivity index (χ0v) is 19.5. The number of anilines is 1. The maximum Gasteiger partial charge on any atom is 0.358 e. The van der Waals surface area contributed by atoms with Gasteiger partial charge in [-0.15, -0.1) is 22.7 Å². The molecular formula is C24H17N5O3S2. The van der Waals surface area contributed by atoms with Crippen molar-refractivity contribution in [1.29, 1.82) is 0 Å². The summed E-state index contributed by atoms with van der Waals surface area (Å²) in [5.41, 5.74) is 3.83. The molecule has 1 amide bonds. The molecule has 10 heteroatoms. The van der Waals surface area contributed by atoms with E-state index in [-0.39, 0.29) is 5.69 Å². The van der Waals surface area contributed by atoms with Crippen LogP contribution < -0.4 is 5.32 Å². The highest BCUT2D eigenvalue weighted by molar-refractivity contribution is 7.21. The minimum atomic E-state index is -0.685. The van der Waals surface area contributed by atoms with Crippen LogP contribution in [0.25, 0.3) is 31.6 Å². The summed E-state index contributed by atoms with van der Waals surface area (Å²) in [5, 5.41) is 5.68. The smallest absolute Gasteiger partial charge is 0.358 e. The Morgan fingerprint density at radius 1 is 1.00 bits per heavy atom. The quantitative estimate of drug-likeness (QED) is 0.337. The van der Waals surface area contributed by atoms with Crippen LogP contribution >= 0.6 is 22.7 Å². The number of rotatable bonds is 6. The molecule has 0 saturated heterocycles. The average Bonchev–Trinajstić information content (AvgIpc) is 3.51. The Morgan fingerprint density at radius 2 is 1.79 bits per heavy atom. The highest BCUT2D eigenvalue weighted by Crippen LogP contribution is 2.31. The van der Waals surface area contributed by atoms with Crippen molar-refractivity contribution in [3.8, 4) is 21.4 Å². The second kappa shape index (κ2) is 9.46. The van der Waals surface area contributed by atoms with Crippen molar-refractivity contribution >= 4 is 50.5 Å². The van der Waals surface area contributed by atoms with E-state index in [9.17, 15) is 9.59 Å². The van der Waals surface area contributed by atoms with Crippen molar-refractivity contribution in [3.63, 3.8) is 0 Å². The molecule has 5 rings (SSSR count). The number of hydrogen-bond acceptors (Lipinski definition) is 9. The van der Waals surface area contributed by atoms with Crippen LogP contribution in [-0.2, 0) is 9.53 Å². The lowest BCUT2D eigenvalue weighted by atomic mass is 10.2. The molecule has 34 heavy (non-hydrogen) atoms. The summed E-state index contributed by atoms with van der Waals surface area (Å²) < 4.78 is 6.23. The summed E-state index contributed by atoms with van der Waals surface area (Å²) >= 11 is 2.85. The van der Waals surface area contributed by atoms with Crippen LogP contribution in [0.4, 0.5) is 5.69 Å². The molecule has 0 unspecified atom stereocenters. The van der Waals surface area contributed by atoms with Crippen LogP contribution in [0.15, 0.2) is 66.3 Å². The Labute approximate surface area is 202 Å². The Hall–Kier alpha value is -4.02. The fourth-order valence-electron chi connectivity index (χ4n) is 3.13. The number of thiazole rings is 2. The fourth-order valence-corrected chi connectivity index (χ4v) is 4.94. The second-order valence-corrected chi connectivity index (χ2v) is 9.19. The largest absolute Gasteiger partial charge is 0.451 e. The molecular weight excluding hydrogens is 470 g/mol. The molecule has 0 bridgehead atoms. The summed E-state index contributed by atoms with van der Waals surface area (Å²) in [5.74, 6) is -0.706. The third kappa shape index (κ3) is 4.82. The van der Waals surface area contributed by atoms with Crippen molar-refractivity contribution < 1.29 is 14.3 Å². The Morgan fingerprint density at radius 3 is 2.59 bits per heavy atom. The molecule has 0 fully saturated rings. The van der Waals surface area contributed by atoms with Gasteiger partial charge >= 0.3 is 5.97 Å². The van der Waals surface area contributed by atoms with Crippen molar-refractivity contribution in [2.75, 3.05) is 11.9 Å². The molecule has 0 aliphatic rings. The summed E-state index contributed by atoms with van der Waals surface area (Å²) in [6.45, 7) is 1.63. The van der Waals surface area contributed by atoms with Gasteiger partial charge in [-0.2, -0.15) is 0 Å². The van der Waals surface area contributed by atoms with Crippen LogP contribution in [0.2, 0.25) is 0 Å².